The third-order valence-electron chi connectivity index (χ3n) is 3.70. The summed E-state index contributed by atoms with van der Waals surface area (Å²) in [5.41, 5.74) is 0.863. The van der Waals surface area contributed by atoms with Crippen molar-refractivity contribution >= 4 is 0 Å². The van der Waals surface area contributed by atoms with Crippen LogP contribution in [0.4, 0.5) is 0 Å². The van der Waals surface area contributed by atoms with Gasteiger partial charge in [0.05, 0.1) is 20.8 Å². The Balaban J connectivity index is 2.15. The first-order valence-corrected chi connectivity index (χ1v) is 6.71. The maximum absolute atomic E-state index is 9.19. The van der Waals surface area contributed by atoms with E-state index < -0.39 is 0 Å². The van der Waals surface area contributed by atoms with Crippen LogP contribution in [0, 0.1) is 0 Å². The smallest absolute Gasteiger partial charge is 0.183 e. The van der Waals surface area contributed by atoms with Gasteiger partial charge < -0.3 is 14.6 Å². The summed E-state index contributed by atoms with van der Waals surface area (Å²) in [4.78, 5) is 6.66. The van der Waals surface area contributed by atoms with Crippen molar-refractivity contribution in [1.29, 1.82) is 0 Å². The Morgan fingerprint density at radius 3 is 2.68 bits per heavy atom. The van der Waals surface area contributed by atoms with Crippen molar-refractivity contribution in [2.45, 2.75) is 31.8 Å². The molecule has 0 bridgehead atoms. The summed E-state index contributed by atoms with van der Waals surface area (Å²) in [6.07, 6.45) is 5.41. The second-order valence-corrected chi connectivity index (χ2v) is 4.77. The Kier molecular flexibility index (Phi) is 4.99. The van der Waals surface area contributed by atoms with E-state index in [4.69, 9.17) is 9.47 Å². The summed E-state index contributed by atoms with van der Waals surface area (Å²) in [6.45, 7) is 1.53. The molecule has 1 aliphatic rings. The fourth-order valence-corrected chi connectivity index (χ4v) is 2.43. The van der Waals surface area contributed by atoms with Crippen molar-refractivity contribution in [3.63, 3.8) is 0 Å². The highest BCUT2D eigenvalue weighted by atomic mass is 16.5. The molecule has 106 valence electrons. The molecule has 0 radical (unpaired) electrons. The highest BCUT2D eigenvalue weighted by Crippen LogP contribution is 2.32. The van der Waals surface area contributed by atoms with E-state index in [1.165, 1.54) is 19.3 Å². The number of aliphatic hydroxyl groups excluding tert-OH is 1. The number of aliphatic hydroxyl groups is 1. The van der Waals surface area contributed by atoms with Crippen LogP contribution in [0.1, 0.15) is 25.0 Å². The van der Waals surface area contributed by atoms with Gasteiger partial charge in [0.2, 0.25) is 0 Å². The van der Waals surface area contributed by atoms with Crippen LogP contribution in [-0.4, -0.2) is 48.4 Å². The molecule has 2 rings (SSSR count). The third kappa shape index (κ3) is 3.16. The number of nitrogens with zero attached hydrogens (tertiary/aromatic N) is 2. The van der Waals surface area contributed by atoms with Crippen LogP contribution >= 0.6 is 0 Å². The average molecular weight is 266 g/mol. The highest BCUT2D eigenvalue weighted by Gasteiger charge is 2.26. The van der Waals surface area contributed by atoms with Crippen molar-refractivity contribution in [1.82, 2.24) is 9.88 Å². The minimum absolute atomic E-state index is 0.169. The molecule has 1 aromatic heterocycles. The van der Waals surface area contributed by atoms with E-state index in [1.54, 1.807) is 26.5 Å². The molecule has 19 heavy (non-hydrogen) atoms. The Labute approximate surface area is 114 Å². The minimum atomic E-state index is 0.169. The molecule has 5 nitrogen and oxygen atoms in total. The fourth-order valence-electron chi connectivity index (χ4n) is 2.43. The van der Waals surface area contributed by atoms with Crippen molar-refractivity contribution in [2.24, 2.45) is 0 Å². The van der Waals surface area contributed by atoms with Crippen molar-refractivity contribution < 1.29 is 14.6 Å². The van der Waals surface area contributed by atoms with E-state index in [0.29, 0.717) is 30.6 Å². The van der Waals surface area contributed by atoms with Crippen LogP contribution in [0.25, 0.3) is 0 Å². The van der Waals surface area contributed by atoms with E-state index in [2.05, 4.69) is 9.88 Å². The number of methoxy groups -OCH3 is 2. The molecule has 0 atom stereocenters. The Bertz CT molecular complexity index is 408. The molecule has 1 aliphatic carbocycles. The van der Waals surface area contributed by atoms with E-state index in [-0.39, 0.29) is 6.61 Å². The molecule has 0 unspecified atom stereocenters. The zero-order valence-corrected chi connectivity index (χ0v) is 11.6. The fraction of sp³-hybridized carbons (Fsp3) is 0.643. The largest absolute Gasteiger partial charge is 0.493 e. The minimum Gasteiger partial charge on any atom is -0.493 e. The van der Waals surface area contributed by atoms with Gasteiger partial charge in [-0.1, -0.05) is 6.42 Å². The monoisotopic (exact) mass is 266 g/mol. The molecule has 1 saturated carbocycles. The van der Waals surface area contributed by atoms with Crippen LogP contribution in [-0.2, 0) is 6.54 Å². The van der Waals surface area contributed by atoms with Crippen LogP contribution in [0.2, 0.25) is 0 Å². The lowest BCUT2D eigenvalue weighted by molar-refractivity contribution is 0.0923. The first-order chi connectivity index (χ1) is 9.30. The molecule has 5 heteroatoms. The molecule has 1 N–H and O–H groups in total. The van der Waals surface area contributed by atoms with Gasteiger partial charge in [0.15, 0.2) is 11.5 Å². The number of hydrogen-bond acceptors (Lipinski definition) is 5. The van der Waals surface area contributed by atoms with Crippen molar-refractivity contribution in [3.8, 4) is 11.5 Å². The van der Waals surface area contributed by atoms with Crippen molar-refractivity contribution in [2.75, 3.05) is 27.4 Å². The number of hydrogen-bond donors (Lipinski definition) is 1. The molecule has 0 amide bonds. The number of rotatable bonds is 7. The third-order valence-corrected chi connectivity index (χ3v) is 3.70. The number of pyridine rings is 1. The maximum atomic E-state index is 9.19. The number of ether oxygens (including phenoxy) is 2. The topological polar surface area (TPSA) is 54.8 Å². The van der Waals surface area contributed by atoms with Gasteiger partial charge >= 0.3 is 0 Å². The van der Waals surface area contributed by atoms with Crippen LogP contribution < -0.4 is 9.47 Å². The van der Waals surface area contributed by atoms with Gasteiger partial charge in [-0.2, -0.15) is 0 Å². The summed E-state index contributed by atoms with van der Waals surface area (Å²) in [7, 11) is 3.25. The van der Waals surface area contributed by atoms with Crippen LogP contribution in [0.5, 0.6) is 11.5 Å². The van der Waals surface area contributed by atoms with E-state index in [1.807, 2.05) is 0 Å². The molecular formula is C14H22N2O3. The van der Waals surface area contributed by atoms with Gasteiger partial charge in [-0.15, -0.1) is 0 Å². The Hall–Kier alpha value is -1.33. The first kappa shape index (κ1) is 14.1. The lowest BCUT2D eigenvalue weighted by Crippen LogP contribution is -2.41. The SMILES string of the molecule is COc1ccnc(CN(CCO)C2CCC2)c1OC. The maximum Gasteiger partial charge on any atom is 0.183 e. The summed E-state index contributed by atoms with van der Waals surface area (Å²) in [5.74, 6) is 1.39. The predicted molar refractivity (Wildman–Crippen MR) is 72.5 cm³/mol. The normalized spacial score (nSPS) is 15.4. The highest BCUT2D eigenvalue weighted by molar-refractivity contribution is 5.42. The van der Waals surface area contributed by atoms with Crippen LogP contribution in [0.15, 0.2) is 12.3 Å². The van der Waals surface area contributed by atoms with E-state index >= 15 is 0 Å². The summed E-state index contributed by atoms with van der Waals surface area (Å²) in [6, 6.07) is 2.35. The zero-order chi connectivity index (χ0) is 13.7. The zero-order valence-electron chi connectivity index (χ0n) is 11.6. The number of aromatic nitrogens is 1. The molecule has 1 aromatic rings. The predicted octanol–water partition coefficient (Wildman–Crippen LogP) is 1.45. The summed E-state index contributed by atoms with van der Waals surface area (Å²) < 4.78 is 10.7. The Morgan fingerprint density at radius 2 is 2.16 bits per heavy atom. The summed E-state index contributed by atoms with van der Waals surface area (Å²) >= 11 is 0. The average Bonchev–Trinajstić information content (AvgIpc) is 2.36. The van der Waals surface area contributed by atoms with Crippen LogP contribution in [0.3, 0.4) is 0 Å². The van der Waals surface area contributed by atoms with E-state index in [0.717, 1.165) is 5.69 Å². The molecule has 0 aliphatic heterocycles. The van der Waals surface area contributed by atoms with Crippen molar-refractivity contribution in [3.05, 3.63) is 18.0 Å². The lowest BCUT2D eigenvalue weighted by Gasteiger charge is -2.37. The summed E-state index contributed by atoms with van der Waals surface area (Å²) in [5, 5.41) is 9.19. The van der Waals surface area contributed by atoms with Gasteiger partial charge in [-0.05, 0) is 12.8 Å². The van der Waals surface area contributed by atoms with Gasteiger partial charge in [-0.25, -0.2) is 0 Å². The van der Waals surface area contributed by atoms with Gasteiger partial charge in [0.1, 0.15) is 5.69 Å². The molecule has 1 fully saturated rings. The standard InChI is InChI=1S/C14H22N2O3/c1-18-13-6-7-15-12(14(13)19-2)10-16(8-9-17)11-4-3-5-11/h6-7,11,17H,3-5,8-10H2,1-2H3. The first-order valence-electron chi connectivity index (χ1n) is 6.71. The molecule has 0 spiro atoms. The second-order valence-electron chi connectivity index (χ2n) is 4.77. The molecular weight excluding hydrogens is 244 g/mol. The van der Waals surface area contributed by atoms with Gasteiger partial charge in [0, 0.05) is 31.4 Å². The second kappa shape index (κ2) is 6.73. The van der Waals surface area contributed by atoms with Gasteiger partial charge in [-0.3, -0.25) is 9.88 Å². The molecule has 1 heterocycles. The van der Waals surface area contributed by atoms with Gasteiger partial charge in [0.25, 0.3) is 0 Å². The molecule has 0 saturated heterocycles. The lowest BCUT2D eigenvalue weighted by atomic mass is 9.91. The Morgan fingerprint density at radius 1 is 1.37 bits per heavy atom. The quantitative estimate of drug-likeness (QED) is 0.809. The van der Waals surface area contributed by atoms with E-state index in [9.17, 15) is 5.11 Å². The molecule has 0 aromatic carbocycles.